The van der Waals surface area contributed by atoms with Crippen molar-refractivity contribution in [1.82, 2.24) is 10.2 Å². The molecule has 1 aromatic rings. The second kappa shape index (κ2) is 4.83. The maximum Gasteiger partial charge on any atom is 0.239 e. The van der Waals surface area contributed by atoms with Crippen LogP contribution < -0.4 is 5.32 Å². The minimum atomic E-state index is -0.187. The molecule has 0 radical (unpaired) electrons. The zero-order valence-electron chi connectivity index (χ0n) is 9.73. The minimum absolute atomic E-state index is 0.0300. The maximum absolute atomic E-state index is 11.7. The van der Waals surface area contributed by atoms with E-state index in [-0.39, 0.29) is 23.7 Å². The predicted molar refractivity (Wildman–Crippen MR) is 64.4 cm³/mol. The van der Waals surface area contributed by atoms with E-state index in [2.05, 4.69) is 5.32 Å². The molecular formula is C11H14N2O3S. The molecule has 1 N–H and O–H groups in total. The molecule has 1 saturated heterocycles. The molecule has 1 aliphatic heterocycles. The van der Waals surface area contributed by atoms with E-state index in [1.165, 1.54) is 11.8 Å². The highest BCUT2D eigenvalue weighted by Crippen LogP contribution is 2.38. The van der Waals surface area contributed by atoms with Gasteiger partial charge in [0.1, 0.15) is 23.4 Å². The van der Waals surface area contributed by atoms with Crippen molar-refractivity contribution in [1.29, 1.82) is 0 Å². The van der Waals surface area contributed by atoms with Crippen molar-refractivity contribution in [3.63, 3.8) is 0 Å². The molecule has 0 bridgehead atoms. The van der Waals surface area contributed by atoms with E-state index in [1.807, 2.05) is 19.1 Å². The molecule has 1 unspecified atom stereocenters. The number of carbonyl (C=O) groups excluding carboxylic acids is 2. The lowest BCUT2D eigenvalue weighted by molar-refractivity contribution is -0.133. The summed E-state index contributed by atoms with van der Waals surface area (Å²) in [7, 11) is 1.56. The quantitative estimate of drug-likeness (QED) is 0.871. The summed E-state index contributed by atoms with van der Waals surface area (Å²) >= 11 is 1.48. The van der Waals surface area contributed by atoms with Crippen LogP contribution in [0.1, 0.15) is 16.9 Å². The molecule has 6 heteroatoms. The van der Waals surface area contributed by atoms with Crippen molar-refractivity contribution in [2.75, 3.05) is 19.3 Å². The molecule has 2 rings (SSSR count). The molecule has 1 aliphatic rings. The summed E-state index contributed by atoms with van der Waals surface area (Å²) in [4.78, 5) is 24.6. The van der Waals surface area contributed by atoms with Gasteiger partial charge < -0.3 is 14.6 Å². The first-order valence-electron chi connectivity index (χ1n) is 5.30. The van der Waals surface area contributed by atoms with Crippen LogP contribution in [0.4, 0.5) is 0 Å². The van der Waals surface area contributed by atoms with E-state index < -0.39 is 0 Å². The molecule has 0 spiro atoms. The average Bonchev–Trinajstić information content (AvgIpc) is 2.87. The van der Waals surface area contributed by atoms with Gasteiger partial charge >= 0.3 is 0 Å². The Balaban J connectivity index is 2.16. The van der Waals surface area contributed by atoms with Gasteiger partial charge in [-0.2, -0.15) is 0 Å². The topological polar surface area (TPSA) is 62.6 Å². The first kappa shape index (κ1) is 12.0. The Kier molecular flexibility index (Phi) is 3.42. The summed E-state index contributed by atoms with van der Waals surface area (Å²) in [6.45, 7) is 1.93. The summed E-state index contributed by atoms with van der Waals surface area (Å²) in [5.74, 6) is 1.72. The zero-order chi connectivity index (χ0) is 12.4. The zero-order valence-corrected chi connectivity index (χ0v) is 10.5. The average molecular weight is 254 g/mol. The van der Waals surface area contributed by atoms with Crippen LogP contribution in [0.15, 0.2) is 16.5 Å². The lowest BCUT2D eigenvalue weighted by atomic mass is 10.3. The molecule has 0 aliphatic carbocycles. The van der Waals surface area contributed by atoms with E-state index in [9.17, 15) is 9.59 Å². The van der Waals surface area contributed by atoms with Gasteiger partial charge in [0.2, 0.25) is 11.8 Å². The molecule has 1 atom stereocenters. The largest absolute Gasteiger partial charge is 0.463 e. The van der Waals surface area contributed by atoms with E-state index in [0.717, 1.165) is 11.5 Å². The van der Waals surface area contributed by atoms with Crippen LogP contribution in [0.3, 0.4) is 0 Å². The van der Waals surface area contributed by atoms with Gasteiger partial charge in [0.15, 0.2) is 0 Å². The van der Waals surface area contributed by atoms with Crippen molar-refractivity contribution in [3.05, 3.63) is 23.7 Å². The number of amides is 2. The second-order valence-electron chi connectivity index (χ2n) is 3.81. The predicted octanol–water partition coefficient (Wildman–Crippen LogP) is 0.908. The molecule has 5 nitrogen and oxygen atoms in total. The summed E-state index contributed by atoms with van der Waals surface area (Å²) in [5.41, 5.74) is 0. The number of thioether (sulfide) groups is 1. The van der Waals surface area contributed by atoms with Gasteiger partial charge in [-0.15, -0.1) is 11.8 Å². The standard InChI is InChI=1S/C11H14N2O3S/c1-7-3-4-8(16-7)11-13(5-9(14)12-2)10(15)6-17-11/h3-4,11H,5-6H2,1-2H3,(H,12,14). The molecule has 0 saturated carbocycles. The van der Waals surface area contributed by atoms with E-state index >= 15 is 0 Å². The summed E-state index contributed by atoms with van der Waals surface area (Å²) in [5, 5.41) is 2.33. The number of nitrogens with zero attached hydrogens (tertiary/aromatic N) is 1. The van der Waals surface area contributed by atoms with E-state index in [0.29, 0.717) is 5.75 Å². The molecule has 2 heterocycles. The number of hydrogen-bond donors (Lipinski definition) is 1. The van der Waals surface area contributed by atoms with Crippen LogP contribution in [0.5, 0.6) is 0 Å². The highest BCUT2D eigenvalue weighted by Gasteiger charge is 2.35. The van der Waals surface area contributed by atoms with Crippen LogP contribution in [-0.2, 0) is 9.59 Å². The van der Waals surface area contributed by atoms with Crippen molar-refractivity contribution >= 4 is 23.6 Å². The van der Waals surface area contributed by atoms with Crippen LogP contribution in [0, 0.1) is 6.92 Å². The SMILES string of the molecule is CNC(=O)CN1C(=O)CSC1c1ccc(C)o1. The Morgan fingerprint density at radius 1 is 1.65 bits per heavy atom. The fourth-order valence-electron chi connectivity index (χ4n) is 1.68. The number of likely N-dealkylation sites (N-methyl/N-ethyl adjacent to an activating group) is 1. The van der Waals surface area contributed by atoms with Gasteiger partial charge in [0, 0.05) is 7.05 Å². The fraction of sp³-hybridized carbons (Fsp3) is 0.455. The molecule has 0 aromatic carbocycles. The Labute approximate surface area is 104 Å². The number of aryl methyl sites for hydroxylation is 1. The summed E-state index contributed by atoms with van der Waals surface area (Å²) in [6, 6.07) is 3.71. The third-order valence-corrected chi connectivity index (χ3v) is 3.78. The number of nitrogens with one attached hydrogen (secondary N) is 1. The number of hydrogen-bond acceptors (Lipinski definition) is 4. The van der Waals surface area contributed by atoms with Crippen molar-refractivity contribution in [3.8, 4) is 0 Å². The van der Waals surface area contributed by atoms with Crippen molar-refractivity contribution < 1.29 is 14.0 Å². The Morgan fingerprint density at radius 3 is 3.00 bits per heavy atom. The van der Waals surface area contributed by atoms with Crippen molar-refractivity contribution in [2.24, 2.45) is 0 Å². The summed E-state index contributed by atoms with van der Waals surface area (Å²) < 4.78 is 5.51. The van der Waals surface area contributed by atoms with E-state index in [1.54, 1.807) is 11.9 Å². The van der Waals surface area contributed by atoms with Gasteiger partial charge in [-0.25, -0.2) is 0 Å². The third kappa shape index (κ3) is 2.46. The normalized spacial score (nSPS) is 19.8. The Hall–Kier alpha value is -1.43. The van der Waals surface area contributed by atoms with Crippen LogP contribution in [-0.4, -0.2) is 36.1 Å². The van der Waals surface area contributed by atoms with Crippen LogP contribution >= 0.6 is 11.8 Å². The molecular weight excluding hydrogens is 240 g/mol. The van der Waals surface area contributed by atoms with Gasteiger partial charge in [-0.3, -0.25) is 9.59 Å². The monoisotopic (exact) mass is 254 g/mol. The second-order valence-corrected chi connectivity index (χ2v) is 4.88. The van der Waals surface area contributed by atoms with Gasteiger partial charge in [-0.1, -0.05) is 0 Å². The molecule has 2 amide bonds. The molecule has 92 valence electrons. The number of furan rings is 1. The molecule has 1 fully saturated rings. The Bertz CT molecular complexity index is 444. The maximum atomic E-state index is 11.7. The number of carbonyl (C=O) groups is 2. The highest BCUT2D eigenvalue weighted by molar-refractivity contribution is 8.00. The lowest BCUT2D eigenvalue weighted by Crippen LogP contribution is -2.37. The lowest BCUT2D eigenvalue weighted by Gasteiger charge is -2.21. The van der Waals surface area contributed by atoms with Crippen LogP contribution in [0.2, 0.25) is 0 Å². The first-order valence-corrected chi connectivity index (χ1v) is 6.34. The van der Waals surface area contributed by atoms with Crippen LogP contribution in [0.25, 0.3) is 0 Å². The van der Waals surface area contributed by atoms with Gasteiger partial charge in [0.25, 0.3) is 0 Å². The number of rotatable bonds is 3. The fourth-order valence-corrected chi connectivity index (χ4v) is 2.81. The summed E-state index contributed by atoms with van der Waals surface area (Å²) in [6.07, 6.45) is 0. The van der Waals surface area contributed by atoms with Gasteiger partial charge in [0.05, 0.1) is 5.75 Å². The van der Waals surface area contributed by atoms with E-state index in [4.69, 9.17) is 4.42 Å². The first-order chi connectivity index (χ1) is 8.11. The smallest absolute Gasteiger partial charge is 0.239 e. The molecule has 17 heavy (non-hydrogen) atoms. The Morgan fingerprint density at radius 2 is 2.41 bits per heavy atom. The van der Waals surface area contributed by atoms with Gasteiger partial charge in [-0.05, 0) is 19.1 Å². The highest BCUT2D eigenvalue weighted by atomic mass is 32.2. The van der Waals surface area contributed by atoms with Crippen molar-refractivity contribution in [2.45, 2.75) is 12.3 Å². The minimum Gasteiger partial charge on any atom is -0.463 e. The third-order valence-electron chi connectivity index (χ3n) is 2.57. The molecule has 1 aromatic heterocycles.